The van der Waals surface area contributed by atoms with Crippen LogP contribution in [0.15, 0.2) is 0 Å². The summed E-state index contributed by atoms with van der Waals surface area (Å²) in [5.41, 5.74) is 0. The summed E-state index contributed by atoms with van der Waals surface area (Å²) in [5.74, 6) is 0.139. The van der Waals surface area contributed by atoms with E-state index in [-0.39, 0.29) is 25.7 Å². The molecule has 600 valence electrons. The molecule has 0 radical (unpaired) electrons. The van der Waals surface area contributed by atoms with E-state index in [0.29, 0.717) is 31.6 Å². The first-order chi connectivity index (χ1) is 48.7. The third-order valence-corrected chi connectivity index (χ3v) is 21.0. The molecule has 17 nitrogen and oxygen atoms in total. The zero-order valence-corrected chi connectivity index (χ0v) is 68.2. The van der Waals surface area contributed by atoms with E-state index in [1.807, 2.05) is 0 Å². The van der Waals surface area contributed by atoms with Crippen molar-refractivity contribution >= 4 is 39.5 Å². The number of carbonyl (C=O) groups excluding carboxylic acids is 4. The summed E-state index contributed by atoms with van der Waals surface area (Å²) >= 11 is 0. The normalized spacial score (nSPS) is 14.0. The number of hydrogen-bond donors (Lipinski definition) is 3. The fourth-order valence-corrected chi connectivity index (χ4v) is 14.2. The average Bonchev–Trinajstić information content (AvgIpc) is 0.961. The molecule has 0 saturated carbocycles. The predicted octanol–water partition coefficient (Wildman–Crippen LogP) is 24.5. The Balaban J connectivity index is 5.21. The first-order valence-corrected chi connectivity index (χ1v) is 45.3. The van der Waals surface area contributed by atoms with E-state index < -0.39 is 97.5 Å². The summed E-state index contributed by atoms with van der Waals surface area (Å²) in [6, 6.07) is 0. The Labute approximate surface area is 619 Å². The van der Waals surface area contributed by atoms with Gasteiger partial charge in [0.1, 0.15) is 19.3 Å². The third-order valence-electron chi connectivity index (χ3n) is 19.1. The third kappa shape index (κ3) is 76.1. The summed E-state index contributed by atoms with van der Waals surface area (Å²) in [4.78, 5) is 73.0. The number of hydrogen-bond acceptors (Lipinski definition) is 15. The fourth-order valence-electron chi connectivity index (χ4n) is 12.7. The second-order valence-corrected chi connectivity index (χ2v) is 33.8. The van der Waals surface area contributed by atoms with Gasteiger partial charge in [-0.05, 0) is 43.4 Å². The molecule has 0 aromatic carbocycles. The molecule has 2 unspecified atom stereocenters. The van der Waals surface area contributed by atoms with Crippen LogP contribution in [0.4, 0.5) is 0 Å². The fraction of sp³-hybridized carbons (Fsp3) is 0.951. The molecule has 0 aliphatic heterocycles. The summed E-state index contributed by atoms with van der Waals surface area (Å²) in [5, 5.41) is 10.6. The molecule has 0 aliphatic rings. The number of phosphoric ester groups is 2. The van der Waals surface area contributed by atoms with Crippen LogP contribution in [0, 0.1) is 17.8 Å². The van der Waals surface area contributed by atoms with Gasteiger partial charge in [0.05, 0.1) is 26.4 Å². The van der Waals surface area contributed by atoms with Gasteiger partial charge in [-0.1, -0.05) is 376 Å². The van der Waals surface area contributed by atoms with Crippen molar-refractivity contribution in [1.82, 2.24) is 0 Å². The lowest BCUT2D eigenvalue weighted by Crippen LogP contribution is -2.30. The SMILES string of the molecule is CCCCCCCCCCCCCCCCCCCCCCCCC(=O)O[C@H](COC(=O)CCCCCCCCCCCCCCC(C)C)COP(=O)(O)OC[C@@H](O)COP(=O)(O)OC[C@@H](COC(=O)CCCCCCCCCC(C)C)OC(=O)CCCCCCCCCCCCCC(C)C. The maximum absolute atomic E-state index is 13.1. The van der Waals surface area contributed by atoms with E-state index in [1.165, 1.54) is 231 Å². The number of phosphoric acid groups is 2. The highest BCUT2D eigenvalue weighted by molar-refractivity contribution is 7.47. The largest absolute Gasteiger partial charge is 0.472 e. The molecule has 101 heavy (non-hydrogen) atoms. The van der Waals surface area contributed by atoms with Crippen molar-refractivity contribution in [2.24, 2.45) is 17.8 Å². The molecular formula is C82H160O17P2. The van der Waals surface area contributed by atoms with Gasteiger partial charge in [0.15, 0.2) is 12.2 Å². The van der Waals surface area contributed by atoms with E-state index >= 15 is 0 Å². The van der Waals surface area contributed by atoms with Crippen LogP contribution in [0.25, 0.3) is 0 Å². The minimum absolute atomic E-state index is 0.106. The number of aliphatic hydroxyl groups is 1. The first-order valence-electron chi connectivity index (χ1n) is 42.3. The lowest BCUT2D eigenvalue weighted by atomic mass is 10.0. The molecule has 0 heterocycles. The molecule has 0 aromatic rings. The number of rotatable bonds is 80. The van der Waals surface area contributed by atoms with Crippen molar-refractivity contribution in [3.8, 4) is 0 Å². The number of aliphatic hydroxyl groups excluding tert-OH is 1. The molecule has 0 spiro atoms. The highest BCUT2D eigenvalue weighted by Crippen LogP contribution is 2.45. The summed E-state index contributed by atoms with van der Waals surface area (Å²) in [6.07, 6.45) is 61.3. The molecule has 19 heteroatoms. The molecule has 0 rings (SSSR count). The minimum atomic E-state index is -4.96. The Bertz CT molecular complexity index is 1960. The summed E-state index contributed by atoms with van der Waals surface area (Å²) in [7, 11) is -9.92. The zero-order valence-electron chi connectivity index (χ0n) is 66.4. The quantitative estimate of drug-likeness (QED) is 0.0222. The Morgan fingerprint density at radius 3 is 0.673 bits per heavy atom. The van der Waals surface area contributed by atoms with Gasteiger partial charge in [-0.3, -0.25) is 37.3 Å². The number of carbonyl (C=O) groups is 4. The van der Waals surface area contributed by atoms with Crippen LogP contribution in [0.2, 0.25) is 0 Å². The van der Waals surface area contributed by atoms with Crippen LogP contribution in [0.5, 0.6) is 0 Å². The molecular weight excluding hydrogens is 1320 g/mol. The topological polar surface area (TPSA) is 237 Å². The second-order valence-electron chi connectivity index (χ2n) is 30.9. The van der Waals surface area contributed by atoms with Crippen LogP contribution in [0.1, 0.15) is 427 Å². The van der Waals surface area contributed by atoms with E-state index in [4.69, 9.17) is 37.0 Å². The monoisotopic (exact) mass is 1480 g/mol. The number of unbranched alkanes of at least 4 members (excludes halogenated alkanes) is 48. The van der Waals surface area contributed by atoms with E-state index in [9.17, 15) is 43.2 Å². The van der Waals surface area contributed by atoms with Crippen LogP contribution in [-0.4, -0.2) is 96.7 Å². The van der Waals surface area contributed by atoms with Gasteiger partial charge in [-0.2, -0.15) is 0 Å². The highest BCUT2D eigenvalue weighted by atomic mass is 31.2. The molecule has 0 aromatic heterocycles. The van der Waals surface area contributed by atoms with Crippen LogP contribution in [-0.2, 0) is 65.4 Å². The van der Waals surface area contributed by atoms with Gasteiger partial charge in [0, 0.05) is 25.7 Å². The Morgan fingerprint density at radius 2 is 0.455 bits per heavy atom. The standard InChI is InChI=1S/C82H160O17P2/c1-8-9-10-11-12-13-14-15-16-17-18-19-20-21-22-23-24-31-36-43-51-58-65-81(86)98-77(69-92-79(84)63-56-49-42-35-30-26-25-28-33-39-46-53-60-73(2)3)71-96-100(88,89)94-67-76(83)68-95-101(90,91)97-72-78(70-93-80(85)64-57-50-45-38-41-48-55-62-75(6)7)99-82(87)66-59-52-44-37-32-27-29-34-40-47-54-61-74(4)5/h73-78,83H,8-72H2,1-7H3,(H,88,89)(H,90,91)/t76-,77-,78-/m1/s1. The van der Waals surface area contributed by atoms with Crippen molar-refractivity contribution in [2.45, 2.75) is 446 Å². The van der Waals surface area contributed by atoms with Gasteiger partial charge in [-0.15, -0.1) is 0 Å². The smallest absolute Gasteiger partial charge is 0.462 e. The van der Waals surface area contributed by atoms with E-state index in [0.717, 1.165) is 108 Å². The maximum Gasteiger partial charge on any atom is 0.472 e. The Kier molecular flexibility index (Phi) is 70.9. The van der Waals surface area contributed by atoms with Gasteiger partial charge < -0.3 is 33.8 Å². The summed E-state index contributed by atoms with van der Waals surface area (Å²) in [6.45, 7) is 11.9. The van der Waals surface area contributed by atoms with Gasteiger partial charge in [-0.25, -0.2) is 9.13 Å². The molecule has 3 N–H and O–H groups in total. The van der Waals surface area contributed by atoms with Crippen molar-refractivity contribution in [2.75, 3.05) is 39.6 Å². The lowest BCUT2D eigenvalue weighted by Gasteiger charge is -2.21. The van der Waals surface area contributed by atoms with Gasteiger partial charge in [0.25, 0.3) is 0 Å². The minimum Gasteiger partial charge on any atom is -0.462 e. The van der Waals surface area contributed by atoms with Gasteiger partial charge in [0.2, 0.25) is 0 Å². The van der Waals surface area contributed by atoms with Crippen LogP contribution >= 0.6 is 15.6 Å². The molecule has 5 atom stereocenters. The molecule has 0 saturated heterocycles. The summed E-state index contributed by atoms with van der Waals surface area (Å²) < 4.78 is 68.7. The number of esters is 4. The molecule has 0 bridgehead atoms. The Hall–Kier alpha value is -1.94. The van der Waals surface area contributed by atoms with E-state index in [2.05, 4.69) is 48.5 Å². The van der Waals surface area contributed by atoms with Crippen LogP contribution < -0.4 is 0 Å². The van der Waals surface area contributed by atoms with Gasteiger partial charge >= 0.3 is 39.5 Å². The van der Waals surface area contributed by atoms with Crippen molar-refractivity contribution < 1.29 is 80.2 Å². The van der Waals surface area contributed by atoms with Crippen molar-refractivity contribution in [3.05, 3.63) is 0 Å². The van der Waals surface area contributed by atoms with E-state index in [1.54, 1.807) is 0 Å². The maximum atomic E-state index is 13.1. The molecule has 0 fully saturated rings. The number of ether oxygens (including phenoxy) is 4. The zero-order chi connectivity index (χ0) is 74.4. The second kappa shape index (κ2) is 72.3. The highest BCUT2D eigenvalue weighted by Gasteiger charge is 2.30. The van der Waals surface area contributed by atoms with Crippen molar-refractivity contribution in [1.29, 1.82) is 0 Å². The predicted molar refractivity (Wildman–Crippen MR) is 414 cm³/mol. The lowest BCUT2D eigenvalue weighted by molar-refractivity contribution is -0.161. The van der Waals surface area contributed by atoms with Crippen LogP contribution in [0.3, 0.4) is 0 Å². The Morgan fingerprint density at radius 1 is 0.267 bits per heavy atom. The first kappa shape index (κ1) is 99.1. The van der Waals surface area contributed by atoms with Crippen molar-refractivity contribution in [3.63, 3.8) is 0 Å². The average molecular weight is 1480 g/mol. The molecule has 0 amide bonds. The molecule has 0 aliphatic carbocycles.